The quantitative estimate of drug-likeness (QED) is 0.805. The van der Waals surface area contributed by atoms with E-state index < -0.39 is 0 Å². The average Bonchev–Trinajstić information content (AvgIpc) is 2.44. The van der Waals surface area contributed by atoms with Gasteiger partial charge in [0.2, 0.25) is 0 Å². The van der Waals surface area contributed by atoms with Crippen molar-refractivity contribution in [3.8, 4) is 18.1 Å². The summed E-state index contributed by atoms with van der Waals surface area (Å²) in [5.41, 5.74) is 2.26. The van der Waals surface area contributed by atoms with Crippen LogP contribution >= 0.6 is 0 Å². The highest BCUT2D eigenvalue weighted by Gasteiger charge is 1.97. The molecule has 0 atom stereocenters. The molecule has 0 aromatic heterocycles. The molecule has 0 amide bonds. The van der Waals surface area contributed by atoms with Crippen molar-refractivity contribution in [2.75, 3.05) is 11.9 Å². The fourth-order valence-corrected chi connectivity index (χ4v) is 1.63. The SMILES string of the molecule is C#CCOc1cccc(CNc2ccccc2)c1. The van der Waals surface area contributed by atoms with Crippen LogP contribution in [0.5, 0.6) is 5.75 Å². The molecule has 90 valence electrons. The lowest BCUT2D eigenvalue weighted by Crippen LogP contribution is -2.00. The number of ether oxygens (including phenoxy) is 1. The van der Waals surface area contributed by atoms with Crippen molar-refractivity contribution in [3.05, 3.63) is 60.2 Å². The van der Waals surface area contributed by atoms with Gasteiger partial charge in [-0.2, -0.15) is 0 Å². The summed E-state index contributed by atoms with van der Waals surface area (Å²) in [7, 11) is 0. The van der Waals surface area contributed by atoms with Crippen LogP contribution in [0.2, 0.25) is 0 Å². The van der Waals surface area contributed by atoms with Crippen LogP contribution in [0.25, 0.3) is 0 Å². The molecule has 0 spiro atoms. The van der Waals surface area contributed by atoms with E-state index in [4.69, 9.17) is 11.2 Å². The molecule has 2 heteroatoms. The van der Waals surface area contributed by atoms with Gasteiger partial charge in [-0.25, -0.2) is 0 Å². The number of hydrogen-bond donors (Lipinski definition) is 1. The van der Waals surface area contributed by atoms with Crippen molar-refractivity contribution < 1.29 is 4.74 Å². The van der Waals surface area contributed by atoms with Crippen LogP contribution in [-0.4, -0.2) is 6.61 Å². The minimum atomic E-state index is 0.301. The summed E-state index contributed by atoms with van der Waals surface area (Å²) in [5, 5.41) is 3.35. The largest absolute Gasteiger partial charge is 0.481 e. The Kier molecular flexibility index (Phi) is 4.27. The lowest BCUT2D eigenvalue weighted by Gasteiger charge is -2.08. The van der Waals surface area contributed by atoms with E-state index in [-0.39, 0.29) is 0 Å². The summed E-state index contributed by atoms with van der Waals surface area (Å²) in [6.45, 7) is 1.06. The first-order valence-electron chi connectivity index (χ1n) is 5.82. The highest BCUT2D eigenvalue weighted by molar-refractivity contribution is 5.43. The van der Waals surface area contributed by atoms with E-state index in [1.165, 1.54) is 0 Å². The van der Waals surface area contributed by atoms with Crippen LogP contribution in [0.1, 0.15) is 5.56 Å². The number of terminal acetylenes is 1. The fourth-order valence-electron chi connectivity index (χ4n) is 1.63. The molecule has 0 heterocycles. The van der Waals surface area contributed by atoms with Gasteiger partial charge in [0.1, 0.15) is 12.4 Å². The Balaban J connectivity index is 1.95. The van der Waals surface area contributed by atoms with Gasteiger partial charge in [-0.15, -0.1) is 6.42 Å². The Morgan fingerprint density at radius 1 is 1.06 bits per heavy atom. The smallest absolute Gasteiger partial charge is 0.148 e. The zero-order valence-electron chi connectivity index (χ0n) is 10.1. The van der Waals surface area contributed by atoms with Crippen LogP contribution < -0.4 is 10.1 Å². The summed E-state index contributed by atoms with van der Waals surface area (Å²) in [5.74, 6) is 3.26. The maximum absolute atomic E-state index is 5.38. The third-order valence-corrected chi connectivity index (χ3v) is 2.49. The first kappa shape index (κ1) is 12.1. The maximum atomic E-state index is 5.38. The van der Waals surface area contributed by atoms with Crippen molar-refractivity contribution in [1.29, 1.82) is 0 Å². The van der Waals surface area contributed by atoms with Crippen LogP contribution in [-0.2, 0) is 6.54 Å². The van der Waals surface area contributed by atoms with Gasteiger partial charge >= 0.3 is 0 Å². The molecular weight excluding hydrogens is 222 g/mol. The van der Waals surface area contributed by atoms with E-state index in [0.717, 1.165) is 23.5 Å². The number of benzene rings is 2. The predicted molar refractivity (Wildman–Crippen MR) is 74.5 cm³/mol. The summed E-state index contributed by atoms with van der Waals surface area (Å²) in [6, 6.07) is 18.0. The monoisotopic (exact) mass is 237 g/mol. The molecule has 2 nitrogen and oxygen atoms in total. The van der Waals surface area contributed by atoms with Gasteiger partial charge in [0, 0.05) is 12.2 Å². The molecular formula is C16H15NO. The number of rotatable bonds is 5. The molecule has 0 fully saturated rings. The minimum absolute atomic E-state index is 0.301. The Morgan fingerprint density at radius 2 is 1.89 bits per heavy atom. The summed E-state index contributed by atoms with van der Waals surface area (Å²) in [6.07, 6.45) is 5.16. The average molecular weight is 237 g/mol. The normalized spacial score (nSPS) is 9.50. The Labute approximate surface area is 108 Å². The topological polar surface area (TPSA) is 21.3 Å². The molecule has 18 heavy (non-hydrogen) atoms. The maximum Gasteiger partial charge on any atom is 0.148 e. The van der Waals surface area contributed by atoms with Gasteiger partial charge in [0.15, 0.2) is 0 Å². The molecule has 2 rings (SSSR count). The minimum Gasteiger partial charge on any atom is -0.481 e. The molecule has 0 saturated carbocycles. The Morgan fingerprint density at radius 3 is 2.67 bits per heavy atom. The third kappa shape index (κ3) is 3.57. The van der Waals surface area contributed by atoms with Crippen LogP contribution in [0, 0.1) is 12.3 Å². The lowest BCUT2D eigenvalue weighted by molar-refractivity contribution is 0.370. The molecule has 2 aromatic carbocycles. The molecule has 0 aliphatic heterocycles. The van der Waals surface area contributed by atoms with Crippen molar-refractivity contribution in [1.82, 2.24) is 0 Å². The molecule has 2 aromatic rings. The van der Waals surface area contributed by atoms with Gasteiger partial charge in [-0.1, -0.05) is 36.3 Å². The van der Waals surface area contributed by atoms with Crippen LogP contribution in [0.3, 0.4) is 0 Å². The zero-order valence-corrected chi connectivity index (χ0v) is 10.1. The van der Waals surface area contributed by atoms with E-state index in [0.29, 0.717) is 6.61 Å². The summed E-state index contributed by atoms with van der Waals surface area (Å²) >= 11 is 0. The highest BCUT2D eigenvalue weighted by atomic mass is 16.5. The number of anilines is 1. The Hall–Kier alpha value is -2.40. The van der Waals surface area contributed by atoms with Crippen molar-refractivity contribution in [2.24, 2.45) is 0 Å². The van der Waals surface area contributed by atoms with Crippen LogP contribution in [0.4, 0.5) is 5.69 Å². The van der Waals surface area contributed by atoms with E-state index >= 15 is 0 Å². The highest BCUT2D eigenvalue weighted by Crippen LogP contribution is 2.15. The summed E-state index contributed by atoms with van der Waals surface area (Å²) < 4.78 is 5.38. The van der Waals surface area contributed by atoms with E-state index in [2.05, 4.69) is 17.3 Å². The number of para-hydroxylation sites is 1. The van der Waals surface area contributed by atoms with Crippen LogP contribution in [0.15, 0.2) is 54.6 Å². The zero-order chi connectivity index (χ0) is 12.6. The first-order chi connectivity index (χ1) is 8.88. The number of hydrogen-bond acceptors (Lipinski definition) is 2. The van der Waals surface area contributed by atoms with E-state index in [9.17, 15) is 0 Å². The Bertz CT molecular complexity index is 528. The third-order valence-electron chi connectivity index (χ3n) is 2.49. The first-order valence-corrected chi connectivity index (χ1v) is 5.82. The van der Waals surface area contributed by atoms with E-state index in [1.807, 2.05) is 48.5 Å². The van der Waals surface area contributed by atoms with Gasteiger partial charge < -0.3 is 10.1 Å². The second-order valence-electron chi connectivity index (χ2n) is 3.86. The fraction of sp³-hybridized carbons (Fsp3) is 0.125. The standard InChI is InChI=1S/C16H15NO/c1-2-11-18-16-10-6-7-14(12-16)13-17-15-8-4-3-5-9-15/h1,3-10,12,17H,11,13H2. The molecule has 0 saturated heterocycles. The van der Waals surface area contributed by atoms with Crippen molar-refractivity contribution >= 4 is 5.69 Å². The molecule has 0 bridgehead atoms. The molecule has 0 aliphatic carbocycles. The van der Waals surface area contributed by atoms with E-state index in [1.54, 1.807) is 0 Å². The predicted octanol–water partition coefficient (Wildman–Crippen LogP) is 3.31. The lowest BCUT2D eigenvalue weighted by atomic mass is 10.2. The van der Waals surface area contributed by atoms with Gasteiger partial charge in [-0.05, 0) is 29.8 Å². The van der Waals surface area contributed by atoms with Crippen molar-refractivity contribution in [2.45, 2.75) is 6.54 Å². The molecule has 1 N–H and O–H groups in total. The number of nitrogens with one attached hydrogen (secondary N) is 1. The second-order valence-corrected chi connectivity index (χ2v) is 3.86. The van der Waals surface area contributed by atoms with Gasteiger partial charge in [0.25, 0.3) is 0 Å². The molecule has 0 aliphatic rings. The second kappa shape index (κ2) is 6.36. The van der Waals surface area contributed by atoms with Gasteiger partial charge in [0.05, 0.1) is 0 Å². The molecule has 0 unspecified atom stereocenters. The molecule has 0 radical (unpaired) electrons. The van der Waals surface area contributed by atoms with Gasteiger partial charge in [-0.3, -0.25) is 0 Å². The van der Waals surface area contributed by atoms with Crippen molar-refractivity contribution in [3.63, 3.8) is 0 Å². The summed E-state index contributed by atoms with van der Waals surface area (Å²) in [4.78, 5) is 0.